The molecule has 0 saturated carbocycles. The maximum atomic E-state index is 11.9. The number of hydrogen-bond donors (Lipinski definition) is 1. The summed E-state index contributed by atoms with van der Waals surface area (Å²) in [5.74, 6) is 0.0295. The van der Waals surface area contributed by atoms with Gasteiger partial charge in [-0.3, -0.25) is 4.79 Å². The number of carbonyl (C=O) groups excluding carboxylic acids is 1. The van der Waals surface area contributed by atoms with Gasteiger partial charge in [-0.25, -0.2) is 9.97 Å². The molecule has 1 aliphatic carbocycles. The summed E-state index contributed by atoms with van der Waals surface area (Å²) in [5.41, 5.74) is 2.63. The van der Waals surface area contributed by atoms with Crippen LogP contribution in [-0.2, 0) is 12.8 Å². The third-order valence-corrected chi connectivity index (χ3v) is 3.16. The van der Waals surface area contributed by atoms with Gasteiger partial charge in [0, 0.05) is 18.4 Å². The first-order chi connectivity index (χ1) is 8.83. The number of aromatic nitrogens is 2. The molecule has 0 saturated heterocycles. The molecule has 0 atom stereocenters. The number of rotatable bonds is 2. The topological polar surface area (TPSA) is 54.9 Å². The van der Waals surface area contributed by atoms with Gasteiger partial charge in [0.05, 0.1) is 0 Å². The van der Waals surface area contributed by atoms with Gasteiger partial charge in [0.15, 0.2) is 0 Å². The largest absolute Gasteiger partial charge is 0.346 e. The number of nitrogens with one attached hydrogen (secondary N) is 1. The van der Waals surface area contributed by atoms with Crippen molar-refractivity contribution in [2.75, 3.05) is 0 Å². The van der Waals surface area contributed by atoms with E-state index in [4.69, 9.17) is 0 Å². The van der Waals surface area contributed by atoms with E-state index in [1.165, 1.54) is 11.1 Å². The van der Waals surface area contributed by atoms with Crippen molar-refractivity contribution in [3.05, 3.63) is 59.7 Å². The number of hydrogen-bond acceptors (Lipinski definition) is 3. The zero-order chi connectivity index (χ0) is 12.4. The van der Waals surface area contributed by atoms with E-state index in [1.807, 2.05) is 12.1 Å². The van der Waals surface area contributed by atoms with Crippen molar-refractivity contribution < 1.29 is 4.79 Å². The Morgan fingerprint density at radius 2 is 1.67 bits per heavy atom. The molecule has 1 heterocycles. The lowest BCUT2D eigenvalue weighted by Gasteiger charge is -2.10. The first kappa shape index (κ1) is 10.9. The minimum absolute atomic E-state index is 0.152. The average Bonchev–Trinajstić information content (AvgIpc) is 2.82. The predicted octanol–water partition coefficient (Wildman–Crippen LogP) is 1.37. The van der Waals surface area contributed by atoms with Gasteiger partial charge >= 0.3 is 0 Å². The van der Waals surface area contributed by atoms with Crippen molar-refractivity contribution in [1.82, 2.24) is 15.3 Å². The summed E-state index contributed by atoms with van der Waals surface area (Å²) in [6, 6.07) is 10.1. The van der Waals surface area contributed by atoms with Crippen LogP contribution in [0.4, 0.5) is 0 Å². The summed E-state index contributed by atoms with van der Waals surface area (Å²) in [5, 5.41) is 2.98. The Labute approximate surface area is 105 Å². The van der Waals surface area contributed by atoms with Crippen LogP contribution in [0.5, 0.6) is 0 Å². The fourth-order valence-electron chi connectivity index (χ4n) is 2.33. The minimum atomic E-state index is -0.201. The fourth-order valence-corrected chi connectivity index (χ4v) is 2.33. The molecular formula is C14H13N3O. The van der Waals surface area contributed by atoms with Gasteiger partial charge in [0.25, 0.3) is 5.91 Å². The van der Waals surface area contributed by atoms with Gasteiger partial charge in [0.1, 0.15) is 0 Å². The molecule has 2 aromatic rings. The van der Waals surface area contributed by atoms with E-state index in [2.05, 4.69) is 27.4 Å². The summed E-state index contributed by atoms with van der Waals surface area (Å²) in [6.45, 7) is 0. The minimum Gasteiger partial charge on any atom is -0.346 e. The van der Waals surface area contributed by atoms with Crippen molar-refractivity contribution >= 4 is 5.91 Å². The van der Waals surface area contributed by atoms with Crippen LogP contribution in [0.1, 0.15) is 21.7 Å². The monoisotopic (exact) mass is 239 g/mol. The van der Waals surface area contributed by atoms with E-state index in [0.29, 0.717) is 0 Å². The highest BCUT2D eigenvalue weighted by Gasteiger charge is 2.23. The van der Waals surface area contributed by atoms with Crippen molar-refractivity contribution in [1.29, 1.82) is 0 Å². The van der Waals surface area contributed by atoms with Crippen LogP contribution < -0.4 is 5.32 Å². The summed E-state index contributed by atoms with van der Waals surface area (Å²) in [7, 11) is 0. The highest BCUT2D eigenvalue weighted by molar-refractivity contribution is 5.90. The molecule has 0 bridgehead atoms. The first-order valence-corrected chi connectivity index (χ1v) is 5.97. The molecule has 0 aliphatic heterocycles. The van der Waals surface area contributed by atoms with Gasteiger partial charge in [-0.1, -0.05) is 24.3 Å². The molecule has 0 spiro atoms. The van der Waals surface area contributed by atoms with Crippen LogP contribution in [0.15, 0.2) is 42.7 Å². The Balaban J connectivity index is 1.68. The van der Waals surface area contributed by atoms with E-state index in [9.17, 15) is 4.79 Å². The summed E-state index contributed by atoms with van der Waals surface area (Å²) >= 11 is 0. The highest BCUT2D eigenvalue weighted by Crippen LogP contribution is 2.21. The third-order valence-electron chi connectivity index (χ3n) is 3.16. The van der Waals surface area contributed by atoms with E-state index in [-0.39, 0.29) is 17.8 Å². The zero-order valence-electron chi connectivity index (χ0n) is 9.84. The van der Waals surface area contributed by atoms with Gasteiger partial charge in [0.2, 0.25) is 5.82 Å². The lowest BCUT2D eigenvalue weighted by Crippen LogP contribution is -2.36. The zero-order valence-corrected chi connectivity index (χ0v) is 9.84. The Bertz CT molecular complexity index is 543. The first-order valence-electron chi connectivity index (χ1n) is 5.97. The number of fused-ring (bicyclic) bond motifs is 1. The van der Waals surface area contributed by atoms with Gasteiger partial charge in [-0.05, 0) is 30.0 Å². The Morgan fingerprint density at radius 1 is 1.06 bits per heavy atom. The van der Waals surface area contributed by atoms with Crippen molar-refractivity contribution in [3.63, 3.8) is 0 Å². The van der Waals surface area contributed by atoms with Crippen LogP contribution in [0.25, 0.3) is 0 Å². The molecule has 0 fully saturated rings. The van der Waals surface area contributed by atoms with Crippen LogP contribution in [-0.4, -0.2) is 21.9 Å². The SMILES string of the molecule is O=C(NC1Cc2ccccc2C1)c1ncccn1. The van der Waals surface area contributed by atoms with E-state index in [0.717, 1.165) is 12.8 Å². The predicted molar refractivity (Wildman–Crippen MR) is 67.1 cm³/mol. The standard InChI is InChI=1S/C14H13N3O/c18-14(13-15-6-3-7-16-13)17-12-8-10-4-1-2-5-11(10)9-12/h1-7,12H,8-9H2,(H,17,18). The second-order valence-corrected chi connectivity index (χ2v) is 4.42. The van der Waals surface area contributed by atoms with Gasteiger partial charge in [-0.2, -0.15) is 0 Å². The number of carbonyl (C=O) groups is 1. The smallest absolute Gasteiger partial charge is 0.289 e. The molecule has 0 unspecified atom stereocenters. The molecule has 1 aromatic carbocycles. The van der Waals surface area contributed by atoms with Crippen LogP contribution in [0, 0.1) is 0 Å². The second kappa shape index (κ2) is 4.56. The Kier molecular flexibility index (Phi) is 2.76. The normalized spacial score (nSPS) is 14.2. The fraction of sp³-hybridized carbons (Fsp3) is 0.214. The van der Waals surface area contributed by atoms with E-state index < -0.39 is 0 Å². The average molecular weight is 239 g/mol. The van der Waals surface area contributed by atoms with E-state index in [1.54, 1.807) is 18.5 Å². The molecule has 4 nitrogen and oxygen atoms in total. The molecule has 90 valence electrons. The maximum absolute atomic E-state index is 11.9. The van der Waals surface area contributed by atoms with Crippen LogP contribution in [0.3, 0.4) is 0 Å². The van der Waals surface area contributed by atoms with Crippen LogP contribution in [0.2, 0.25) is 0 Å². The lowest BCUT2D eigenvalue weighted by molar-refractivity contribution is 0.0928. The molecule has 0 radical (unpaired) electrons. The molecular weight excluding hydrogens is 226 g/mol. The second-order valence-electron chi connectivity index (χ2n) is 4.42. The van der Waals surface area contributed by atoms with Gasteiger partial charge < -0.3 is 5.32 Å². The van der Waals surface area contributed by atoms with Crippen molar-refractivity contribution in [2.45, 2.75) is 18.9 Å². The van der Waals surface area contributed by atoms with E-state index >= 15 is 0 Å². The Morgan fingerprint density at radius 3 is 2.28 bits per heavy atom. The summed E-state index contributed by atoms with van der Waals surface area (Å²) in [6.07, 6.45) is 4.92. The summed E-state index contributed by atoms with van der Waals surface area (Å²) in [4.78, 5) is 19.8. The molecule has 1 aliphatic rings. The maximum Gasteiger partial charge on any atom is 0.289 e. The molecule has 4 heteroatoms. The molecule has 1 N–H and O–H groups in total. The van der Waals surface area contributed by atoms with Crippen LogP contribution >= 0.6 is 0 Å². The molecule has 18 heavy (non-hydrogen) atoms. The molecule has 3 rings (SSSR count). The number of nitrogens with zero attached hydrogens (tertiary/aromatic N) is 2. The van der Waals surface area contributed by atoms with Crippen molar-refractivity contribution in [3.8, 4) is 0 Å². The quantitative estimate of drug-likeness (QED) is 0.861. The Hall–Kier alpha value is -2.23. The summed E-state index contributed by atoms with van der Waals surface area (Å²) < 4.78 is 0. The number of amides is 1. The number of benzene rings is 1. The van der Waals surface area contributed by atoms with Gasteiger partial charge in [-0.15, -0.1) is 0 Å². The van der Waals surface area contributed by atoms with Crippen molar-refractivity contribution in [2.24, 2.45) is 0 Å². The third kappa shape index (κ3) is 2.09. The molecule has 1 aromatic heterocycles. The highest BCUT2D eigenvalue weighted by atomic mass is 16.2. The molecule has 1 amide bonds. The lowest BCUT2D eigenvalue weighted by atomic mass is 10.1.